The van der Waals surface area contributed by atoms with Crippen LogP contribution in [0.1, 0.15) is 19.0 Å². The number of piperidine rings is 1. The molecule has 2 aromatic rings. The number of fused-ring (bicyclic) bond motifs is 1. The van der Waals surface area contributed by atoms with Crippen molar-refractivity contribution in [1.29, 1.82) is 5.26 Å². The first kappa shape index (κ1) is 19.9. The summed E-state index contributed by atoms with van der Waals surface area (Å²) in [6.45, 7) is 3.79. The topological polar surface area (TPSA) is 91.3 Å². The average molecular weight is 402 g/mol. The smallest absolute Gasteiger partial charge is 0.275 e. The number of hydrogen-bond donors (Lipinski definition) is 1. The summed E-state index contributed by atoms with van der Waals surface area (Å²) in [6.07, 6.45) is 3.32. The number of rotatable bonds is 3. The second-order valence-electron chi connectivity index (χ2n) is 7.87. The van der Waals surface area contributed by atoms with Crippen molar-refractivity contribution in [2.45, 2.75) is 37.5 Å². The average Bonchev–Trinajstić information content (AvgIpc) is 2.69. The molecule has 0 aromatic carbocycles. The molecule has 0 radical (unpaired) electrons. The molecule has 154 valence electrons. The number of nitrogens with zero attached hydrogens (tertiary/aromatic N) is 5. The first-order chi connectivity index (χ1) is 13.9. The SMILES string of the molecule is C[C@@H]1CN(c2cnc(C#N)c3ncccc23)C[C@H](CN2CCC(N)C(F)(F)C2)O1. The van der Waals surface area contributed by atoms with E-state index in [2.05, 4.69) is 20.9 Å². The van der Waals surface area contributed by atoms with Crippen molar-refractivity contribution < 1.29 is 13.5 Å². The minimum absolute atomic E-state index is 0.0660. The molecule has 0 saturated carbocycles. The molecule has 29 heavy (non-hydrogen) atoms. The Morgan fingerprint density at radius 2 is 2.21 bits per heavy atom. The van der Waals surface area contributed by atoms with Crippen LogP contribution in [0.3, 0.4) is 0 Å². The van der Waals surface area contributed by atoms with Crippen molar-refractivity contribution in [1.82, 2.24) is 14.9 Å². The molecule has 0 spiro atoms. The summed E-state index contributed by atoms with van der Waals surface area (Å²) in [5, 5.41) is 10.2. The van der Waals surface area contributed by atoms with E-state index in [-0.39, 0.29) is 30.9 Å². The summed E-state index contributed by atoms with van der Waals surface area (Å²) in [6, 6.07) is 4.74. The monoisotopic (exact) mass is 402 g/mol. The van der Waals surface area contributed by atoms with Crippen LogP contribution in [-0.4, -0.2) is 71.8 Å². The van der Waals surface area contributed by atoms with E-state index in [1.54, 1.807) is 17.3 Å². The number of nitriles is 1. The second-order valence-corrected chi connectivity index (χ2v) is 7.87. The van der Waals surface area contributed by atoms with Gasteiger partial charge in [0, 0.05) is 37.8 Å². The number of nitrogens with two attached hydrogens (primary N) is 1. The van der Waals surface area contributed by atoms with E-state index in [1.807, 2.05) is 19.1 Å². The summed E-state index contributed by atoms with van der Waals surface area (Å²) in [4.78, 5) is 12.5. The lowest BCUT2D eigenvalue weighted by Gasteiger charge is -2.42. The Morgan fingerprint density at radius 1 is 1.38 bits per heavy atom. The van der Waals surface area contributed by atoms with E-state index in [9.17, 15) is 14.0 Å². The number of aromatic nitrogens is 2. The predicted molar refractivity (Wildman–Crippen MR) is 105 cm³/mol. The van der Waals surface area contributed by atoms with Gasteiger partial charge in [-0.3, -0.25) is 9.88 Å². The highest BCUT2D eigenvalue weighted by atomic mass is 19.3. The Balaban J connectivity index is 1.54. The number of alkyl halides is 2. The summed E-state index contributed by atoms with van der Waals surface area (Å²) >= 11 is 0. The van der Waals surface area contributed by atoms with Gasteiger partial charge in [-0.25, -0.2) is 13.8 Å². The zero-order valence-corrected chi connectivity index (χ0v) is 16.3. The molecule has 3 atom stereocenters. The molecular weight excluding hydrogens is 378 g/mol. The van der Waals surface area contributed by atoms with Gasteiger partial charge in [0.2, 0.25) is 0 Å². The van der Waals surface area contributed by atoms with E-state index in [4.69, 9.17) is 10.5 Å². The van der Waals surface area contributed by atoms with Gasteiger partial charge >= 0.3 is 0 Å². The van der Waals surface area contributed by atoms with Crippen LogP contribution in [0.2, 0.25) is 0 Å². The number of anilines is 1. The molecule has 9 heteroatoms. The molecule has 7 nitrogen and oxygen atoms in total. The Hall–Kier alpha value is -2.41. The van der Waals surface area contributed by atoms with Gasteiger partial charge in [-0.2, -0.15) is 5.26 Å². The lowest BCUT2D eigenvalue weighted by molar-refractivity contribution is -0.0979. The van der Waals surface area contributed by atoms with E-state index in [1.165, 1.54) is 0 Å². The molecule has 0 amide bonds. The number of ether oxygens (including phenoxy) is 1. The van der Waals surface area contributed by atoms with Crippen LogP contribution in [0.25, 0.3) is 10.9 Å². The van der Waals surface area contributed by atoms with Crippen molar-refractivity contribution >= 4 is 16.6 Å². The molecule has 2 aliphatic rings. The van der Waals surface area contributed by atoms with E-state index in [0.717, 1.165) is 11.1 Å². The van der Waals surface area contributed by atoms with Gasteiger partial charge in [-0.15, -0.1) is 0 Å². The normalized spacial score (nSPS) is 27.7. The van der Waals surface area contributed by atoms with Gasteiger partial charge in [0.05, 0.1) is 36.7 Å². The highest BCUT2D eigenvalue weighted by Crippen LogP contribution is 2.30. The zero-order chi connectivity index (χ0) is 20.6. The Labute approximate surface area is 168 Å². The van der Waals surface area contributed by atoms with Crippen molar-refractivity contribution in [3.8, 4) is 6.07 Å². The number of hydrogen-bond acceptors (Lipinski definition) is 7. The highest BCUT2D eigenvalue weighted by molar-refractivity contribution is 5.93. The van der Waals surface area contributed by atoms with Crippen LogP contribution < -0.4 is 10.6 Å². The first-order valence-electron chi connectivity index (χ1n) is 9.77. The van der Waals surface area contributed by atoms with Gasteiger partial charge in [0.25, 0.3) is 5.92 Å². The molecule has 4 heterocycles. The van der Waals surface area contributed by atoms with Crippen LogP contribution in [0.5, 0.6) is 0 Å². The highest BCUT2D eigenvalue weighted by Gasteiger charge is 2.43. The number of morpholine rings is 1. The maximum atomic E-state index is 14.0. The van der Waals surface area contributed by atoms with Gasteiger partial charge in [-0.05, 0) is 25.5 Å². The van der Waals surface area contributed by atoms with Crippen LogP contribution in [-0.2, 0) is 4.74 Å². The summed E-state index contributed by atoms with van der Waals surface area (Å²) in [5.41, 5.74) is 7.27. The summed E-state index contributed by atoms with van der Waals surface area (Å²) < 4.78 is 34.1. The number of pyridine rings is 2. The quantitative estimate of drug-likeness (QED) is 0.836. The van der Waals surface area contributed by atoms with Crippen molar-refractivity contribution in [3.05, 3.63) is 30.2 Å². The molecule has 0 bridgehead atoms. The third-order valence-electron chi connectivity index (χ3n) is 5.59. The van der Waals surface area contributed by atoms with Gasteiger partial charge in [0.15, 0.2) is 5.69 Å². The fraction of sp³-hybridized carbons (Fsp3) is 0.550. The van der Waals surface area contributed by atoms with E-state index >= 15 is 0 Å². The molecule has 2 saturated heterocycles. The Bertz CT molecular complexity index is 933. The Kier molecular flexibility index (Phi) is 5.34. The number of halogens is 2. The molecule has 2 N–H and O–H groups in total. The largest absolute Gasteiger partial charge is 0.370 e. The number of likely N-dealkylation sites (tertiary alicyclic amines) is 1. The minimum atomic E-state index is -2.88. The second kappa shape index (κ2) is 7.78. The minimum Gasteiger partial charge on any atom is -0.370 e. The molecule has 2 aliphatic heterocycles. The van der Waals surface area contributed by atoms with E-state index < -0.39 is 12.0 Å². The van der Waals surface area contributed by atoms with Crippen LogP contribution in [0.4, 0.5) is 14.5 Å². The van der Waals surface area contributed by atoms with Gasteiger partial charge in [-0.1, -0.05) is 0 Å². The molecule has 1 unspecified atom stereocenters. The maximum Gasteiger partial charge on any atom is 0.275 e. The fourth-order valence-corrected chi connectivity index (χ4v) is 4.20. The zero-order valence-electron chi connectivity index (χ0n) is 16.3. The molecule has 4 rings (SSSR count). The lowest BCUT2D eigenvalue weighted by atomic mass is 10.0. The first-order valence-corrected chi connectivity index (χ1v) is 9.77. The molecule has 2 fully saturated rings. The van der Waals surface area contributed by atoms with Crippen molar-refractivity contribution in [3.63, 3.8) is 0 Å². The van der Waals surface area contributed by atoms with E-state index in [0.29, 0.717) is 31.7 Å². The van der Waals surface area contributed by atoms with Crippen molar-refractivity contribution in [2.24, 2.45) is 5.73 Å². The van der Waals surface area contributed by atoms with Crippen LogP contribution in [0, 0.1) is 11.3 Å². The maximum absolute atomic E-state index is 14.0. The third-order valence-corrected chi connectivity index (χ3v) is 5.59. The summed E-state index contributed by atoms with van der Waals surface area (Å²) in [5.74, 6) is -2.88. The van der Waals surface area contributed by atoms with Crippen LogP contribution >= 0.6 is 0 Å². The van der Waals surface area contributed by atoms with Gasteiger partial charge in [0.1, 0.15) is 11.6 Å². The Morgan fingerprint density at radius 3 is 2.97 bits per heavy atom. The predicted octanol–water partition coefficient (Wildman–Crippen LogP) is 1.76. The molecule has 0 aliphatic carbocycles. The van der Waals surface area contributed by atoms with Gasteiger partial charge < -0.3 is 15.4 Å². The summed E-state index contributed by atoms with van der Waals surface area (Å²) in [7, 11) is 0. The van der Waals surface area contributed by atoms with Crippen LogP contribution in [0.15, 0.2) is 24.5 Å². The lowest BCUT2D eigenvalue weighted by Crippen LogP contribution is -2.58. The van der Waals surface area contributed by atoms with Crippen molar-refractivity contribution in [2.75, 3.05) is 37.6 Å². The third kappa shape index (κ3) is 4.01. The molecular formula is C20H24F2N6O. The fourth-order valence-electron chi connectivity index (χ4n) is 4.20. The standard InChI is InChI=1S/C20H24F2N6O/c1-13-9-28(17-8-26-16(7-23)19-15(17)3-2-5-25-19)11-14(29-13)10-27-6-4-18(24)20(21,22)12-27/h2-3,5,8,13-14,18H,4,6,9-12,24H2,1H3/t13-,14+,18?/m1/s1. The molecule has 2 aromatic heterocycles.